The van der Waals surface area contributed by atoms with Crippen molar-refractivity contribution in [2.75, 3.05) is 17.2 Å². The van der Waals surface area contributed by atoms with Crippen LogP contribution in [0.2, 0.25) is 0 Å². The van der Waals surface area contributed by atoms with Gasteiger partial charge in [0.2, 0.25) is 5.89 Å². The summed E-state index contributed by atoms with van der Waals surface area (Å²) in [6.07, 6.45) is 10.8. The van der Waals surface area contributed by atoms with Crippen molar-refractivity contribution in [2.24, 2.45) is 18.7 Å². The van der Waals surface area contributed by atoms with Gasteiger partial charge in [0.15, 0.2) is 11.4 Å². The second-order valence-electron chi connectivity index (χ2n) is 7.74. The summed E-state index contributed by atoms with van der Waals surface area (Å²) >= 11 is 0. The van der Waals surface area contributed by atoms with E-state index in [9.17, 15) is 9.59 Å². The minimum Gasteiger partial charge on any atom is -0.444 e. The van der Waals surface area contributed by atoms with Crippen molar-refractivity contribution in [1.29, 1.82) is 0 Å². The summed E-state index contributed by atoms with van der Waals surface area (Å²) in [4.78, 5) is 32.7. The van der Waals surface area contributed by atoms with Crippen LogP contribution in [0.25, 0.3) is 11.5 Å². The van der Waals surface area contributed by atoms with E-state index in [0.29, 0.717) is 17.4 Å². The maximum Gasteiger partial charge on any atom is 0.277 e. The monoisotopic (exact) mass is 423 g/mol. The van der Waals surface area contributed by atoms with Crippen LogP contribution < -0.4 is 16.4 Å². The number of pyridine rings is 1. The van der Waals surface area contributed by atoms with E-state index in [0.717, 1.165) is 12.4 Å². The molecule has 10 nitrogen and oxygen atoms in total. The Morgan fingerprint density at radius 2 is 2.10 bits per heavy atom. The fourth-order valence-corrected chi connectivity index (χ4v) is 3.76. The number of carbonyl (C=O) groups excluding carboxylic acids is 2. The molecule has 1 aliphatic rings. The predicted octanol–water partition coefficient (Wildman–Crippen LogP) is 2.81. The lowest BCUT2D eigenvalue weighted by molar-refractivity contribution is 0.0995. The van der Waals surface area contributed by atoms with Crippen molar-refractivity contribution < 1.29 is 14.0 Å². The Bertz CT molecular complexity index is 1080. The summed E-state index contributed by atoms with van der Waals surface area (Å²) in [6, 6.07) is 3.62. The smallest absolute Gasteiger partial charge is 0.277 e. The zero-order valence-corrected chi connectivity index (χ0v) is 17.3. The number of hydrogen-bond donors (Lipinski definition) is 3. The van der Waals surface area contributed by atoms with Crippen molar-refractivity contribution in [3.63, 3.8) is 0 Å². The second kappa shape index (κ2) is 8.99. The summed E-state index contributed by atoms with van der Waals surface area (Å²) in [5.74, 6) is 0.453. The number of nitrogens with zero attached hydrogens (tertiary/aromatic N) is 4. The van der Waals surface area contributed by atoms with Gasteiger partial charge >= 0.3 is 0 Å². The Balaban J connectivity index is 1.43. The molecule has 1 fully saturated rings. The molecule has 3 aromatic rings. The molecule has 1 aliphatic carbocycles. The van der Waals surface area contributed by atoms with Crippen LogP contribution in [0.4, 0.5) is 11.5 Å². The lowest BCUT2D eigenvalue weighted by Crippen LogP contribution is -2.18. The zero-order valence-electron chi connectivity index (χ0n) is 17.3. The molecule has 3 aromatic heterocycles. The third kappa shape index (κ3) is 4.90. The summed E-state index contributed by atoms with van der Waals surface area (Å²) < 4.78 is 6.89. The van der Waals surface area contributed by atoms with Crippen LogP contribution in [-0.4, -0.2) is 38.1 Å². The van der Waals surface area contributed by atoms with Gasteiger partial charge in [-0.2, -0.15) is 5.10 Å². The number of aromatic nitrogens is 4. The normalized spacial score (nSPS) is 14.4. The quantitative estimate of drug-likeness (QED) is 0.530. The van der Waals surface area contributed by atoms with Gasteiger partial charge < -0.3 is 20.8 Å². The van der Waals surface area contributed by atoms with Gasteiger partial charge in [-0.3, -0.25) is 14.3 Å². The van der Waals surface area contributed by atoms with Crippen LogP contribution in [0.15, 0.2) is 35.2 Å². The molecule has 0 atom stereocenters. The average molecular weight is 423 g/mol. The highest BCUT2D eigenvalue weighted by molar-refractivity contribution is 6.07. The number of carbonyl (C=O) groups is 2. The van der Waals surface area contributed by atoms with Gasteiger partial charge in [-0.05, 0) is 30.9 Å². The maximum atomic E-state index is 12.5. The lowest BCUT2D eigenvalue weighted by Gasteiger charge is -2.21. The molecule has 2 amide bonds. The van der Waals surface area contributed by atoms with Crippen LogP contribution in [0.3, 0.4) is 0 Å². The number of aryl methyl sites for hydroxylation is 1. The topological polar surface area (TPSA) is 141 Å². The predicted molar refractivity (Wildman–Crippen MR) is 114 cm³/mol. The highest BCUT2D eigenvalue weighted by atomic mass is 16.3. The van der Waals surface area contributed by atoms with Gasteiger partial charge in [-0.25, -0.2) is 9.97 Å². The molecule has 31 heavy (non-hydrogen) atoms. The molecule has 162 valence electrons. The minimum absolute atomic E-state index is 0.0256. The Kier molecular flexibility index (Phi) is 5.96. The van der Waals surface area contributed by atoms with E-state index in [4.69, 9.17) is 10.2 Å². The first-order chi connectivity index (χ1) is 15.0. The highest BCUT2D eigenvalue weighted by Gasteiger charge is 2.19. The highest BCUT2D eigenvalue weighted by Crippen LogP contribution is 2.25. The molecule has 0 saturated heterocycles. The fraction of sp³-hybridized carbons (Fsp3) is 0.381. The molecule has 3 heterocycles. The number of nitrogens with one attached hydrogen (secondary N) is 2. The van der Waals surface area contributed by atoms with E-state index in [2.05, 4.69) is 25.7 Å². The first-order valence-electron chi connectivity index (χ1n) is 10.3. The number of amides is 2. The Morgan fingerprint density at radius 3 is 2.87 bits per heavy atom. The Morgan fingerprint density at radius 1 is 1.29 bits per heavy atom. The first kappa shape index (κ1) is 20.6. The largest absolute Gasteiger partial charge is 0.444 e. The van der Waals surface area contributed by atoms with Gasteiger partial charge in [0.1, 0.15) is 12.1 Å². The number of primary amides is 1. The summed E-state index contributed by atoms with van der Waals surface area (Å²) in [5, 5.41) is 9.92. The number of anilines is 2. The van der Waals surface area contributed by atoms with E-state index in [-0.39, 0.29) is 17.1 Å². The van der Waals surface area contributed by atoms with E-state index < -0.39 is 11.8 Å². The van der Waals surface area contributed by atoms with E-state index in [1.807, 2.05) is 6.07 Å². The Labute approximate surface area is 179 Å². The molecule has 4 rings (SSSR count). The molecule has 0 aliphatic heterocycles. The van der Waals surface area contributed by atoms with Crippen LogP contribution in [0.1, 0.15) is 53.1 Å². The molecule has 10 heteroatoms. The molecule has 0 unspecified atom stereocenters. The third-order valence-corrected chi connectivity index (χ3v) is 5.35. The molecule has 4 N–H and O–H groups in total. The van der Waals surface area contributed by atoms with Crippen LogP contribution >= 0.6 is 0 Å². The fourth-order valence-electron chi connectivity index (χ4n) is 3.76. The molecular formula is C21H25N7O3. The summed E-state index contributed by atoms with van der Waals surface area (Å²) in [6.45, 7) is 0.892. The summed E-state index contributed by atoms with van der Waals surface area (Å²) in [7, 11) is 1.62. The zero-order chi connectivity index (χ0) is 21.8. The number of nitrogens with two attached hydrogens (primary N) is 1. The van der Waals surface area contributed by atoms with Crippen LogP contribution in [0, 0.1) is 5.92 Å². The van der Waals surface area contributed by atoms with Gasteiger partial charge in [-0.1, -0.05) is 19.3 Å². The SMILES string of the molecule is Cn1cc(NC(=O)c2coc(-c3ccnc(NCC4CCCCC4)c3)n2)c(C(N)=O)n1. The van der Waals surface area contributed by atoms with Crippen molar-refractivity contribution in [3.8, 4) is 11.5 Å². The number of oxazole rings is 1. The molecule has 1 saturated carbocycles. The van der Waals surface area contributed by atoms with Crippen molar-refractivity contribution >= 4 is 23.3 Å². The van der Waals surface area contributed by atoms with E-state index in [1.165, 1.54) is 49.2 Å². The van der Waals surface area contributed by atoms with Gasteiger partial charge in [0, 0.05) is 31.5 Å². The number of hydrogen-bond acceptors (Lipinski definition) is 7. The van der Waals surface area contributed by atoms with Gasteiger partial charge in [-0.15, -0.1) is 0 Å². The minimum atomic E-state index is -0.734. The maximum absolute atomic E-state index is 12.5. The third-order valence-electron chi connectivity index (χ3n) is 5.35. The van der Waals surface area contributed by atoms with Crippen LogP contribution in [-0.2, 0) is 7.05 Å². The molecule has 0 bridgehead atoms. The molecular weight excluding hydrogens is 398 g/mol. The van der Waals surface area contributed by atoms with E-state index >= 15 is 0 Å². The molecule has 0 aromatic carbocycles. The molecule has 0 radical (unpaired) electrons. The van der Waals surface area contributed by atoms with E-state index in [1.54, 1.807) is 19.3 Å². The standard InChI is InChI=1S/C21H25N7O3/c1-28-11-15(18(27-28)19(22)29)25-20(30)16-12-31-21(26-16)14-7-8-23-17(9-14)24-10-13-5-3-2-4-6-13/h7-9,11-13H,2-6,10H2,1H3,(H2,22,29)(H,23,24)(H,25,30). The van der Waals surface area contributed by atoms with Crippen LogP contribution in [0.5, 0.6) is 0 Å². The van der Waals surface area contributed by atoms with Crippen molar-refractivity contribution in [2.45, 2.75) is 32.1 Å². The van der Waals surface area contributed by atoms with Gasteiger partial charge in [0.25, 0.3) is 11.8 Å². The summed E-state index contributed by atoms with van der Waals surface area (Å²) in [5.41, 5.74) is 6.26. The Hall–Kier alpha value is -3.69. The average Bonchev–Trinajstić information content (AvgIpc) is 3.40. The van der Waals surface area contributed by atoms with Gasteiger partial charge in [0.05, 0.1) is 5.69 Å². The number of rotatable bonds is 7. The second-order valence-corrected chi connectivity index (χ2v) is 7.74. The lowest BCUT2D eigenvalue weighted by atomic mass is 9.89. The van der Waals surface area contributed by atoms with Crippen molar-refractivity contribution in [1.82, 2.24) is 19.7 Å². The first-order valence-corrected chi connectivity index (χ1v) is 10.3. The van der Waals surface area contributed by atoms with Crippen molar-refractivity contribution in [3.05, 3.63) is 42.2 Å². The molecule has 0 spiro atoms.